The summed E-state index contributed by atoms with van der Waals surface area (Å²) >= 11 is 0. The predicted octanol–water partition coefficient (Wildman–Crippen LogP) is 1.57. The van der Waals surface area contributed by atoms with Gasteiger partial charge in [-0.15, -0.1) is 0 Å². The SMILES string of the molecule is O=C1CCC(NC(=O)c2ccc3c(c2)CCCC3)CN1. The average Bonchev–Trinajstić information content (AvgIpc) is 2.49. The van der Waals surface area contributed by atoms with Crippen LogP contribution in [0.4, 0.5) is 0 Å². The van der Waals surface area contributed by atoms with E-state index in [9.17, 15) is 9.59 Å². The zero-order valence-electron chi connectivity index (χ0n) is 11.6. The van der Waals surface area contributed by atoms with E-state index in [1.165, 1.54) is 24.0 Å². The summed E-state index contributed by atoms with van der Waals surface area (Å²) < 4.78 is 0. The topological polar surface area (TPSA) is 58.2 Å². The summed E-state index contributed by atoms with van der Waals surface area (Å²) in [6, 6.07) is 6.09. The maximum absolute atomic E-state index is 12.3. The first-order valence-electron chi connectivity index (χ1n) is 7.42. The number of carbonyl (C=O) groups excluding carboxylic acids is 2. The van der Waals surface area contributed by atoms with Crippen molar-refractivity contribution in [1.29, 1.82) is 0 Å². The Hall–Kier alpha value is -1.84. The Balaban J connectivity index is 1.66. The van der Waals surface area contributed by atoms with Gasteiger partial charge in [0, 0.05) is 24.6 Å². The van der Waals surface area contributed by atoms with Gasteiger partial charge < -0.3 is 10.6 Å². The Bertz CT molecular complexity index is 529. The van der Waals surface area contributed by atoms with Crippen LogP contribution in [0.15, 0.2) is 18.2 Å². The van der Waals surface area contributed by atoms with Crippen molar-refractivity contribution in [2.24, 2.45) is 0 Å². The molecular formula is C16H20N2O2. The van der Waals surface area contributed by atoms with Gasteiger partial charge in [0.15, 0.2) is 0 Å². The standard InChI is InChI=1S/C16H20N2O2/c19-15-8-7-14(10-17-15)18-16(20)13-6-5-11-3-1-2-4-12(11)9-13/h5-6,9,14H,1-4,7-8,10H2,(H,17,19)(H,18,20). The summed E-state index contributed by atoms with van der Waals surface area (Å²) in [7, 11) is 0. The zero-order chi connectivity index (χ0) is 13.9. The van der Waals surface area contributed by atoms with Gasteiger partial charge in [0.05, 0.1) is 0 Å². The van der Waals surface area contributed by atoms with Crippen LogP contribution >= 0.6 is 0 Å². The summed E-state index contributed by atoms with van der Waals surface area (Å²) in [6.07, 6.45) is 5.90. The minimum absolute atomic E-state index is 0.0282. The van der Waals surface area contributed by atoms with Crippen LogP contribution in [0.5, 0.6) is 0 Å². The van der Waals surface area contributed by atoms with Gasteiger partial charge in [-0.3, -0.25) is 9.59 Å². The van der Waals surface area contributed by atoms with Crippen LogP contribution in [0.2, 0.25) is 0 Å². The van der Waals surface area contributed by atoms with E-state index in [1.54, 1.807) is 0 Å². The number of amides is 2. The quantitative estimate of drug-likeness (QED) is 0.858. The minimum atomic E-state index is -0.0282. The summed E-state index contributed by atoms with van der Waals surface area (Å²) in [5.74, 6) is 0.0452. The largest absolute Gasteiger partial charge is 0.354 e. The van der Waals surface area contributed by atoms with Crippen LogP contribution in [-0.2, 0) is 17.6 Å². The van der Waals surface area contributed by atoms with E-state index in [0.717, 1.165) is 24.8 Å². The third-order valence-electron chi connectivity index (χ3n) is 4.21. The van der Waals surface area contributed by atoms with Gasteiger partial charge in [0.1, 0.15) is 0 Å². The lowest BCUT2D eigenvalue weighted by molar-refractivity contribution is -0.122. The van der Waals surface area contributed by atoms with Gasteiger partial charge in [0.25, 0.3) is 5.91 Å². The second-order valence-corrected chi connectivity index (χ2v) is 5.70. The number of aryl methyl sites for hydroxylation is 2. The second-order valence-electron chi connectivity index (χ2n) is 5.70. The highest BCUT2D eigenvalue weighted by atomic mass is 16.2. The van der Waals surface area contributed by atoms with E-state index < -0.39 is 0 Å². The molecule has 1 aromatic rings. The first kappa shape index (κ1) is 13.2. The van der Waals surface area contributed by atoms with E-state index in [2.05, 4.69) is 16.7 Å². The smallest absolute Gasteiger partial charge is 0.251 e. The van der Waals surface area contributed by atoms with Gasteiger partial charge >= 0.3 is 0 Å². The molecule has 1 aromatic carbocycles. The van der Waals surface area contributed by atoms with Crippen molar-refractivity contribution in [2.45, 2.75) is 44.6 Å². The van der Waals surface area contributed by atoms with Crippen molar-refractivity contribution in [1.82, 2.24) is 10.6 Å². The van der Waals surface area contributed by atoms with Gasteiger partial charge in [-0.1, -0.05) is 6.07 Å². The average molecular weight is 272 g/mol. The van der Waals surface area contributed by atoms with Gasteiger partial charge in [-0.2, -0.15) is 0 Å². The fraction of sp³-hybridized carbons (Fsp3) is 0.500. The van der Waals surface area contributed by atoms with Crippen LogP contribution in [0.25, 0.3) is 0 Å². The number of hydrogen-bond donors (Lipinski definition) is 2. The molecule has 2 N–H and O–H groups in total. The molecule has 106 valence electrons. The van der Waals surface area contributed by atoms with Gasteiger partial charge in [-0.25, -0.2) is 0 Å². The summed E-state index contributed by atoms with van der Waals surface area (Å²) in [4.78, 5) is 23.4. The van der Waals surface area contributed by atoms with E-state index in [4.69, 9.17) is 0 Å². The molecule has 0 aromatic heterocycles. The Morgan fingerprint density at radius 1 is 1.15 bits per heavy atom. The molecular weight excluding hydrogens is 252 g/mol. The molecule has 1 saturated heterocycles. The molecule has 20 heavy (non-hydrogen) atoms. The monoisotopic (exact) mass is 272 g/mol. The fourth-order valence-electron chi connectivity index (χ4n) is 3.00. The van der Waals surface area contributed by atoms with E-state index in [-0.39, 0.29) is 17.9 Å². The third-order valence-corrected chi connectivity index (χ3v) is 4.21. The van der Waals surface area contributed by atoms with E-state index in [0.29, 0.717) is 13.0 Å². The summed E-state index contributed by atoms with van der Waals surface area (Å²) in [6.45, 7) is 0.537. The minimum Gasteiger partial charge on any atom is -0.354 e. The molecule has 1 heterocycles. The molecule has 1 unspecified atom stereocenters. The van der Waals surface area contributed by atoms with Crippen LogP contribution in [0, 0.1) is 0 Å². The lowest BCUT2D eigenvalue weighted by Crippen LogP contribution is -2.47. The van der Waals surface area contributed by atoms with Crippen molar-refractivity contribution in [2.75, 3.05) is 6.54 Å². The Morgan fingerprint density at radius 2 is 1.95 bits per heavy atom. The first-order valence-corrected chi connectivity index (χ1v) is 7.42. The normalized spacial score (nSPS) is 21.8. The molecule has 4 nitrogen and oxygen atoms in total. The number of piperidine rings is 1. The van der Waals surface area contributed by atoms with Crippen molar-refractivity contribution in [3.05, 3.63) is 34.9 Å². The Kier molecular flexibility index (Phi) is 3.72. The number of fused-ring (bicyclic) bond motifs is 1. The maximum Gasteiger partial charge on any atom is 0.251 e. The molecule has 0 radical (unpaired) electrons. The molecule has 1 aliphatic carbocycles. The lowest BCUT2D eigenvalue weighted by atomic mass is 9.90. The molecule has 4 heteroatoms. The van der Waals surface area contributed by atoms with E-state index in [1.807, 2.05) is 12.1 Å². The highest BCUT2D eigenvalue weighted by Crippen LogP contribution is 2.22. The van der Waals surface area contributed by atoms with Crippen molar-refractivity contribution < 1.29 is 9.59 Å². The highest BCUT2D eigenvalue weighted by Gasteiger charge is 2.20. The van der Waals surface area contributed by atoms with Crippen molar-refractivity contribution >= 4 is 11.8 Å². The first-order chi connectivity index (χ1) is 9.72. The van der Waals surface area contributed by atoms with Crippen molar-refractivity contribution in [3.63, 3.8) is 0 Å². The number of nitrogens with one attached hydrogen (secondary N) is 2. The Labute approximate surface area is 118 Å². The molecule has 1 fully saturated rings. The van der Waals surface area contributed by atoms with Crippen LogP contribution in [0.1, 0.15) is 47.2 Å². The van der Waals surface area contributed by atoms with Crippen molar-refractivity contribution in [3.8, 4) is 0 Å². The highest BCUT2D eigenvalue weighted by molar-refractivity contribution is 5.94. The predicted molar refractivity (Wildman–Crippen MR) is 76.6 cm³/mol. The molecule has 0 bridgehead atoms. The van der Waals surface area contributed by atoms with Gasteiger partial charge in [-0.05, 0) is 55.4 Å². The van der Waals surface area contributed by atoms with Crippen LogP contribution in [0.3, 0.4) is 0 Å². The molecule has 2 amide bonds. The number of rotatable bonds is 2. The van der Waals surface area contributed by atoms with Gasteiger partial charge in [0.2, 0.25) is 5.91 Å². The molecule has 1 aliphatic heterocycles. The molecule has 3 rings (SSSR count). The molecule has 0 saturated carbocycles. The molecule has 2 aliphatic rings. The number of benzene rings is 1. The number of hydrogen-bond acceptors (Lipinski definition) is 2. The molecule has 0 spiro atoms. The Morgan fingerprint density at radius 3 is 2.70 bits per heavy atom. The van der Waals surface area contributed by atoms with Crippen LogP contribution < -0.4 is 10.6 Å². The molecule has 1 atom stereocenters. The second kappa shape index (κ2) is 5.65. The summed E-state index contributed by atoms with van der Waals surface area (Å²) in [5.41, 5.74) is 3.45. The fourth-order valence-corrected chi connectivity index (χ4v) is 3.00. The summed E-state index contributed by atoms with van der Waals surface area (Å²) in [5, 5.41) is 5.79. The maximum atomic E-state index is 12.3. The lowest BCUT2D eigenvalue weighted by Gasteiger charge is -2.24. The number of carbonyl (C=O) groups is 2. The van der Waals surface area contributed by atoms with E-state index >= 15 is 0 Å². The van der Waals surface area contributed by atoms with Crippen LogP contribution in [-0.4, -0.2) is 24.4 Å². The zero-order valence-corrected chi connectivity index (χ0v) is 11.6. The third kappa shape index (κ3) is 2.84.